The van der Waals surface area contributed by atoms with E-state index in [0.29, 0.717) is 37.5 Å². The number of rotatable bonds is 1. The SMILES string of the molecule is CN1OCCn2nc3c(c2C1=O)CN(C(=O)Nc1ccc(F)c(Br)c1)CC3. The highest BCUT2D eigenvalue weighted by Crippen LogP contribution is 2.26. The van der Waals surface area contributed by atoms with E-state index in [1.165, 1.54) is 23.3 Å². The number of aromatic nitrogens is 2. The van der Waals surface area contributed by atoms with Gasteiger partial charge in [-0.2, -0.15) is 5.10 Å². The average Bonchev–Trinajstić information content (AvgIpc) is 2.94. The van der Waals surface area contributed by atoms with Gasteiger partial charge in [0.1, 0.15) is 11.5 Å². The van der Waals surface area contributed by atoms with Crippen molar-refractivity contribution in [3.8, 4) is 0 Å². The molecular formula is C17H17BrFN5O3. The van der Waals surface area contributed by atoms with Crippen molar-refractivity contribution >= 4 is 33.6 Å². The first-order valence-electron chi connectivity index (χ1n) is 8.44. The van der Waals surface area contributed by atoms with E-state index >= 15 is 0 Å². The van der Waals surface area contributed by atoms with Crippen LogP contribution in [0.4, 0.5) is 14.9 Å². The summed E-state index contributed by atoms with van der Waals surface area (Å²) in [5, 5.41) is 8.48. The highest BCUT2D eigenvalue weighted by atomic mass is 79.9. The van der Waals surface area contributed by atoms with Gasteiger partial charge in [0.15, 0.2) is 0 Å². The van der Waals surface area contributed by atoms with Crippen molar-refractivity contribution in [3.63, 3.8) is 0 Å². The third-order valence-electron chi connectivity index (χ3n) is 4.64. The second kappa shape index (κ2) is 6.93. The quantitative estimate of drug-likeness (QED) is 0.742. The summed E-state index contributed by atoms with van der Waals surface area (Å²) < 4.78 is 15.3. The minimum Gasteiger partial charge on any atom is -0.320 e. The van der Waals surface area contributed by atoms with Gasteiger partial charge in [-0.25, -0.2) is 14.2 Å². The van der Waals surface area contributed by atoms with E-state index in [2.05, 4.69) is 26.3 Å². The van der Waals surface area contributed by atoms with Crippen LogP contribution in [-0.4, -0.2) is 51.9 Å². The highest BCUT2D eigenvalue weighted by molar-refractivity contribution is 9.10. The first-order chi connectivity index (χ1) is 12.9. The number of benzene rings is 1. The third-order valence-corrected chi connectivity index (χ3v) is 5.24. The van der Waals surface area contributed by atoms with Crippen LogP contribution >= 0.6 is 15.9 Å². The molecular weight excluding hydrogens is 421 g/mol. The van der Waals surface area contributed by atoms with Crippen molar-refractivity contribution in [2.75, 3.05) is 25.5 Å². The maximum absolute atomic E-state index is 13.4. The van der Waals surface area contributed by atoms with Gasteiger partial charge in [-0.1, -0.05) is 0 Å². The number of hydrogen-bond acceptors (Lipinski definition) is 4. The number of halogens is 2. The molecule has 0 spiro atoms. The summed E-state index contributed by atoms with van der Waals surface area (Å²) >= 11 is 3.10. The number of fused-ring (bicyclic) bond motifs is 3. The van der Waals surface area contributed by atoms with Crippen LogP contribution in [-0.2, 0) is 24.3 Å². The number of carbonyl (C=O) groups excluding carboxylic acids is 2. The molecule has 0 saturated heterocycles. The molecule has 3 heterocycles. The molecule has 0 fully saturated rings. The van der Waals surface area contributed by atoms with Gasteiger partial charge in [-0.15, -0.1) is 0 Å². The number of anilines is 1. The summed E-state index contributed by atoms with van der Waals surface area (Å²) in [6, 6.07) is 3.96. The molecule has 0 unspecified atom stereocenters. The molecule has 4 rings (SSSR count). The zero-order valence-electron chi connectivity index (χ0n) is 14.5. The zero-order chi connectivity index (χ0) is 19.1. The summed E-state index contributed by atoms with van der Waals surface area (Å²) in [5.74, 6) is -0.672. The van der Waals surface area contributed by atoms with Gasteiger partial charge in [-0.3, -0.25) is 14.3 Å². The first kappa shape index (κ1) is 17.9. The summed E-state index contributed by atoms with van der Waals surface area (Å²) in [6.07, 6.45) is 0.563. The molecule has 1 N–H and O–H groups in total. The fraction of sp³-hybridized carbons (Fsp3) is 0.353. The van der Waals surface area contributed by atoms with E-state index in [4.69, 9.17) is 4.84 Å². The molecule has 142 valence electrons. The first-order valence-corrected chi connectivity index (χ1v) is 9.24. The highest BCUT2D eigenvalue weighted by Gasteiger charge is 2.33. The van der Waals surface area contributed by atoms with E-state index < -0.39 is 5.82 Å². The molecule has 1 aromatic heterocycles. The van der Waals surface area contributed by atoms with Gasteiger partial charge in [0.2, 0.25) is 0 Å². The van der Waals surface area contributed by atoms with Gasteiger partial charge in [0.05, 0.1) is 29.9 Å². The number of amides is 3. The predicted octanol–water partition coefficient (Wildman–Crippen LogP) is 2.39. The van der Waals surface area contributed by atoms with Crippen molar-refractivity contribution in [2.45, 2.75) is 19.5 Å². The van der Waals surface area contributed by atoms with Crippen LogP contribution < -0.4 is 5.32 Å². The lowest BCUT2D eigenvalue weighted by molar-refractivity contribution is -0.103. The lowest BCUT2D eigenvalue weighted by Crippen LogP contribution is -2.39. The molecule has 8 nitrogen and oxygen atoms in total. The Hall–Kier alpha value is -2.46. The summed E-state index contributed by atoms with van der Waals surface area (Å²) in [7, 11) is 1.57. The van der Waals surface area contributed by atoms with E-state index in [1.807, 2.05) is 0 Å². The maximum Gasteiger partial charge on any atom is 0.322 e. The minimum atomic E-state index is -0.400. The maximum atomic E-state index is 13.4. The fourth-order valence-electron chi connectivity index (χ4n) is 3.25. The van der Waals surface area contributed by atoms with Crippen LogP contribution in [0.15, 0.2) is 22.7 Å². The average molecular weight is 438 g/mol. The number of hydrogen-bond donors (Lipinski definition) is 1. The Labute approximate surface area is 162 Å². The van der Waals surface area contributed by atoms with Crippen molar-refractivity contribution in [3.05, 3.63) is 45.4 Å². The second-order valence-corrected chi connectivity index (χ2v) is 7.22. The van der Waals surface area contributed by atoms with Gasteiger partial charge in [0.25, 0.3) is 5.91 Å². The van der Waals surface area contributed by atoms with Crippen molar-refractivity contribution < 1.29 is 18.8 Å². The normalized spacial score (nSPS) is 16.6. The monoisotopic (exact) mass is 437 g/mol. The lowest BCUT2D eigenvalue weighted by Gasteiger charge is -2.27. The van der Waals surface area contributed by atoms with Crippen molar-refractivity contribution in [1.29, 1.82) is 0 Å². The van der Waals surface area contributed by atoms with Crippen LogP contribution in [0.2, 0.25) is 0 Å². The summed E-state index contributed by atoms with van der Waals surface area (Å²) in [6.45, 7) is 1.60. The van der Waals surface area contributed by atoms with Crippen LogP contribution in [0.3, 0.4) is 0 Å². The Kier molecular flexibility index (Phi) is 4.60. The molecule has 3 amide bonds. The molecule has 1 aromatic carbocycles. The number of nitrogens with one attached hydrogen (secondary N) is 1. The molecule has 0 radical (unpaired) electrons. The van der Waals surface area contributed by atoms with Crippen molar-refractivity contribution in [1.82, 2.24) is 19.7 Å². The third kappa shape index (κ3) is 3.30. The molecule has 0 bridgehead atoms. The molecule has 0 atom stereocenters. The van der Waals surface area contributed by atoms with Gasteiger partial charge < -0.3 is 10.2 Å². The molecule has 2 aromatic rings. The largest absolute Gasteiger partial charge is 0.322 e. The zero-order valence-corrected chi connectivity index (χ0v) is 16.1. The van der Waals surface area contributed by atoms with E-state index in [0.717, 1.165) is 11.3 Å². The molecule has 0 aliphatic carbocycles. The Morgan fingerprint density at radius 1 is 1.37 bits per heavy atom. The molecule has 0 saturated carbocycles. The molecule has 2 aliphatic heterocycles. The summed E-state index contributed by atoms with van der Waals surface area (Å²) in [5.41, 5.74) is 2.53. The van der Waals surface area contributed by atoms with E-state index in [9.17, 15) is 14.0 Å². The van der Waals surface area contributed by atoms with Crippen LogP contribution in [0.5, 0.6) is 0 Å². The molecule has 2 aliphatic rings. The minimum absolute atomic E-state index is 0.272. The number of urea groups is 1. The van der Waals surface area contributed by atoms with Gasteiger partial charge >= 0.3 is 6.03 Å². The van der Waals surface area contributed by atoms with Crippen molar-refractivity contribution in [2.24, 2.45) is 0 Å². The smallest absolute Gasteiger partial charge is 0.320 e. The van der Waals surface area contributed by atoms with E-state index in [1.54, 1.807) is 16.6 Å². The van der Waals surface area contributed by atoms with E-state index in [-0.39, 0.29) is 23.0 Å². The van der Waals surface area contributed by atoms with Crippen LogP contribution in [0.1, 0.15) is 21.7 Å². The topological polar surface area (TPSA) is 79.7 Å². The predicted molar refractivity (Wildman–Crippen MR) is 97.5 cm³/mol. The summed E-state index contributed by atoms with van der Waals surface area (Å²) in [4.78, 5) is 32.2. The fourth-order valence-corrected chi connectivity index (χ4v) is 3.63. The number of nitrogens with zero attached hydrogens (tertiary/aromatic N) is 4. The molecule has 10 heteroatoms. The number of carbonyl (C=O) groups is 2. The Morgan fingerprint density at radius 2 is 2.19 bits per heavy atom. The Bertz CT molecular complexity index is 932. The second-order valence-electron chi connectivity index (χ2n) is 6.36. The van der Waals surface area contributed by atoms with Crippen LogP contribution in [0, 0.1) is 5.82 Å². The van der Waals surface area contributed by atoms with Gasteiger partial charge in [-0.05, 0) is 34.1 Å². The lowest BCUT2D eigenvalue weighted by atomic mass is 10.1. The molecule has 27 heavy (non-hydrogen) atoms. The Morgan fingerprint density at radius 3 is 2.96 bits per heavy atom. The van der Waals surface area contributed by atoms with Crippen LogP contribution in [0.25, 0.3) is 0 Å². The number of hydroxylamine groups is 2. The Balaban J connectivity index is 1.56. The van der Waals surface area contributed by atoms with Gasteiger partial charge in [0, 0.05) is 31.3 Å². The standard InChI is InChI=1S/C17H17BrFN5O3/c1-22-16(25)15-11-9-23(5-4-14(11)21-24(15)6-7-27-22)17(26)20-10-2-3-13(19)12(18)8-10/h2-3,8H,4-7,9H2,1H3,(H,20,26).